The van der Waals surface area contributed by atoms with Gasteiger partial charge >= 0.3 is 0 Å². The third kappa shape index (κ3) is 4.86. The summed E-state index contributed by atoms with van der Waals surface area (Å²) in [7, 11) is -2.48. The summed E-state index contributed by atoms with van der Waals surface area (Å²) < 4.78 is 31.4. The molecule has 0 unspecified atom stereocenters. The fraction of sp³-hybridized carbons (Fsp3) is 0.100. The number of sulfone groups is 1. The first kappa shape index (κ1) is 20.7. The Morgan fingerprint density at radius 2 is 1.86 bits per heavy atom. The second-order valence-electron chi connectivity index (χ2n) is 5.91. The van der Waals surface area contributed by atoms with E-state index in [9.17, 15) is 18.0 Å². The maximum Gasteiger partial charge on any atom is 0.251 e. The standard InChI is InChI=1S/C20H15IO5S2/c1-26-17-7-3-13(4-8-17)2-6-16(22)12-28(24,25)19-11-14-10-15(21)5-9-18(14)27-20(19)23/h2-11H,12H2,1H3. The Balaban J connectivity index is 1.83. The van der Waals surface area contributed by atoms with Gasteiger partial charge in [0.25, 0.3) is 4.74 Å². The molecule has 1 heterocycles. The lowest BCUT2D eigenvalue weighted by Gasteiger charge is -2.04. The van der Waals surface area contributed by atoms with E-state index in [0.29, 0.717) is 15.8 Å². The van der Waals surface area contributed by atoms with E-state index < -0.39 is 26.1 Å². The van der Waals surface area contributed by atoms with Gasteiger partial charge in [0.1, 0.15) is 16.4 Å². The fourth-order valence-electron chi connectivity index (χ4n) is 2.51. The van der Waals surface area contributed by atoms with Gasteiger partial charge < -0.3 is 4.74 Å². The zero-order valence-electron chi connectivity index (χ0n) is 14.7. The summed E-state index contributed by atoms with van der Waals surface area (Å²) in [6.07, 6.45) is 2.73. The average Bonchev–Trinajstić information content (AvgIpc) is 2.66. The van der Waals surface area contributed by atoms with Gasteiger partial charge in [-0.25, -0.2) is 8.42 Å². The number of hydrogen-bond acceptors (Lipinski definition) is 6. The molecule has 28 heavy (non-hydrogen) atoms. The lowest BCUT2D eigenvalue weighted by molar-refractivity contribution is -0.112. The molecule has 3 aromatic rings. The summed E-state index contributed by atoms with van der Waals surface area (Å²) in [5.74, 6) is -0.666. The van der Waals surface area contributed by atoms with Crippen LogP contribution in [0.5, 0.6) is 5.75 Å². The van der Waals surface area contributed by atoms with E-state index in [2.05, 4.69) is 22.6 Å². The Morgan fingerprint density at radius 3 is 2.54 bits per heavy atom. The largest absolute Gasteiger partial charge is 0.497 e. The van der Waals surface area contributed by atoms with Gasteiger partial charge in [0.15, 0.2) is 15.6 Å². The molecule has 0 radical (unpaired) electrons. The molecule has 0 amide bonds. The van der Waals surface area contributed by atoms with E-state index in [4.69, 9.17) is 4.74 Å². The van der Waals surface area contributed by atoms with Crippen LogP contribution in [0.25, 0.3) is 16.2 Å². The summed E-state index contributed by atoms with van der Waals surface area (Å²) in [5.41, 5.74) is 0.735. The predicted octanol–water partition coefficient (Wildman–Crippen LogP) is 3.93. The van der Waals surface area contributed by atoms with Crippen molar-refractivity contribution in [1.29, 1.82) is 0 Å². The molecule has 0 spiro atoms. The van der Waals surface area contributed by atoms with Crippen molar-refractivity contribution in [3.05, 3.63) is 73.3 Å². The minimum atomic E-state index is -4.03. The molecule has 0 atom stereocenters. The van der Waals surface area contributed by atoms with Crippen LogP contribution >= 0.6 is 33.9 Å². The van der Waals surface area contributed by atoms with Crippen LogP contribution in [0.1, 0.15) is 5.56 Å². The van der Waals surface area contributed by atoms with Gasteiger partial charge in [-0.1, -0.05) is 29.5 Å². The second-order valence-corrected chi connectivity index (χ2v) is 10.1. The zero-order valence-corrected chi connectivity index (χ0v) is 18.5. The van der Waals surface area contributed by atoms with E-state index >= 15 is 0 Å². The van der Waals surface area contributed by atoms with Gasteiger partial charge in [0.2, 0.25) is 0 Å². The number of allylic oxidation sites excluding steroid dienone is 1. The first-order chi connectivity index (χ1) is 13.3. The number of carbonyl (C=O) groups is 1. The molecule has 0 aliphatic rings. The van der Waals surface area contributed by atoms with Crippen LogP contribution in [-0.4, -0.2) is 27.1 Å². The van der Waals surface area contributed by atoms with Crippen molar-refractivity contribution >= 4 is 65.7 Å². The van der Waals surface area contributed by atoms with Gasteiger partial charge in [-0.05, 0) is 76.0 Å². The number of fused-ring (bicyclic) bond motifs is 1. The Hall–Kier alpha value is -2.04. The van der Waals surface area contributed by atoms with Crippen LogP contribution in [-0.2, 0) is 14.6 Å². The summed E-state index contributed by atoms with van der Waals surface area (Å²) in [6, 6.07) is 13.8. The second kappa shape index (κ2) is 8.54. The molecule has 3 rings (SSSR count). The van der Waals surface area contributed by atoms with Crippen molar-refractivity contribution < 1.29 is 17.9 Å². The van der Waals surface area contributed by atoms with Crippen LogP contribution in [0.4, 0.5) is 0 Å². The molecule has 2 aromatic carbocycles. The highest BCUT2D eigenvalue weighted by Gasteiger charge is 2.22. The number of hydrogen-bond donors (Lipinski definition) is 0. The first-order valence-corrected chi connectivity index (χ1v) is 11.6. The lowest BCUT2D eigenvalue weighted by Crippen LogP contribution is -2.19. The van der Waals surface area contributed by atoms with E-state index in [1.165, 1.54) is 18.2 Å². The molecule has 0 aliphatic carbocycles. The van der Waals surface area contributed by atoms with Crippen LogP contribution < -0.4 is 9.48 Å². The van der Waals surface area contributed by atoms with Crippen molar-refractivity contribution in [3.8, 4) is 5.75 Å². The van der Waals surface area contributed by atoms with E-state index in [-0.39, 0.29) is 4.90 Å². The lowest BCUT2D eigenvalue weighted by atomic mass is 10.2. The molecule has 5 nitrogen and oxygen atoms in total. The monoisotopic (exact) mass is 526 g/mol. The SMILES string of the molecule is COc1ccc(C=CC(=O)CS(=O)(=O)c2cc3cc(I)ccc3sc2=O)cc1. The third-order valence-electron chi connectivity index (χ3n) is 3.91. The molecule has 0 saturated heterocycles. The molecule has 0 N–H and O–H groups in total. The van der Waals surface area contributed by atoms with Crippen molar-refractivity contribution in [1.82, 2.24) is 0 Å². The Bertz CT molecular complexity index is 1230. The quantitative estimate of drug-likeness (QED) is 0.360. The number of methoxy groups -OCH3 is 1. The minimum Gasteiger partial charge on any atom is -0.497 e. The van der Waals surface area contributed by atoms with Crippen LogP contribution in [0.2, 0.25) is 0 Å². The molecule has 0 fully saturated rings. The zero-order chi connectivity index (χ0) is 20.3. The summed E-state index contributed by atoms with van der Waals surface area (Å²) >= 11 is 2.98. The molecule has 0 saturated carbocycles. The highest BCUT2D eigenvalue weighted by molar-refractivity contribution is 14.1. The number of halogens is 1. The van der Waals surface area contributed by atoms with Crippen LogP contribution in [0.15, 0.2) is 64.3 Å². The van der Waals surface area contributed by atoms with Gasteiger partial charge in [0.05, 0.1) is 7.11 Å². The molecule has 0 bridgehead atoms. The summed E-state index contributed by atoms with van der Waals surface area (Å²) in [6.45, 7) is 0. The first-order valence-electron chi connectivity index (χ1n) is 8.09. The maximum atomic E-state index is 12.6. The maximum absolute atomic E-state index is 12.6. The Labute approximate surface area is 179 Å². The predicted molar refractivity (Wildman–Crippen MR) is 120 cm³/mol. The van der Waals surface area contributed by atoms with Gasteiger partial charge in [-0.15, -0.1) is 0 Å². The molecular formula is C20H15IO5S2. The minimum absolute atomic E-state index is 0.335. The highest BCUT2D eigenvalue weighted by Crippen LogP contribution is 2.22. The van der Waals surface area contributed by atoms with Gasteiger partial charge in [-0.2, -0.15) is 0 Å². The van der Waals surface area contributed by atoms with Crippen LogP contribution in [0, 0.1) is 3.57 Å². The Morgan fingerprint density at radius 1 is 1.14 bits per heavy atom. The van der Waals surface area contributed by atoms with Crippen molar-refractivity contribution in [2.75, 3.05) is 12.9 Å². The Kier molecular flexibility index (Phi) is 6.31. The molecule has 1 aromatic heterocycles. The van der Waals surface area contributed by atoms with Gasteiger partial charge in [0, 0.05) is 8.27 Å². The normalized spacial score (nSPS) is 11.8. The number of ketones is 1. The van der Waals surface area contributed by atoms with E-state index in [0.717, 1.165) is 20.5 Å². The molecule has 0 aliphatic heterocycles. The number of carbonyl (C=O) groups excluding carboxylic acids is 1. The fourth-order valence-corrected chi connectivity index (χ4v) is 5.45. The molecule has 144 valence electrons. The van der Waals surface area contributed by atoms with Crippen LogP contribution in [0.3, 0.4) is 0 Å². The van der Waals surface area contributed by atoms with E-state index in [1.54, 1.807) is 43.5 Å². The smallest absolute Gasteiger partial charge is 0.251 e. The van der Waals surface area contributed by atoms with Crippen molar-refractivity contribution in [2.24, 2.45) is 0 Å². The van der Waals surface area contributed by atoms with E-state index in [1.807, 2.05) is 6.07 Å². The number of benzene rings is 2. The average molecular weight is 526 g/mol. The highest BCUT2D eigenvalue weighted by atomic mass is 127. The summed E-state index contributed by atoms with van der Waals surface area (Å²) in [5, 5.41) is 0.663. The van der Waals surface area contributed by atoms with Crippen molar-refractivity contribution in [3.63, 3.8) is 0 Å². The molecule has 8 heteroatoms. The topological polar surface area (TPSA) is 77.5 Å². The van der Waals surface area contributed by atoms with Gasteiger partial charge in [-0.3, -0.25) is 9.59 Å². The molecular weight excluding hydrogens is 511 g/mol. The number of rotatable bonds is 6. The number of ether oxygens (including phenoxy) is 1. The van der Waals surface area contributed by atoms with Crippen molar-refractivity contribution in [2.45, 2.75) is 4.90 Å². The third-order valence-corrected chi connectivity index (χ3v) is 7.34. The summed E-state index contributed by atoms with van der Waals surface area (Å²) in [4.78, 5) is 24.1.